The number of allylic oxidation sites excluding steroid dienone is 1. The normalized spacial score (nSPS) is 18.0. The summed E-state index contributed by atoms with van der Waals surface area (Å²) in [6.45, 7) is 2.13. The van der Waals surface area contributed by atoms with Crippen molar-refractivity contribution in [2.75, 3.05) is 26.2 Å². The smallest absolute Gasteiger partial charge is 0.337 e. The summed E-state index contributed by atoms with van der Waals surface area (Å²) in [7, 11) is 0. The van der Waals surface area contributed by atoms with E-state index in [-0.39, 0.29) is 25.5 Å². The minimum atomic E-state index is -4.84. The van der Waals surface area contributed by atoms with Gasteiger partial charge in [-0.25, -0.2) is 0 Å². The van der Waals surface area contributed by atoms with Gasteiger partial charge in [-0.2, -0.15) is 13.2 Å². The lowest BCUT2D eigenvalue weighted by Crippen LogP contribution is -2.43. The lowest BCUT2D eigenvalue weighted by Gasteiger charge is -2.22. The first-order chi connectivity index (χ1) is 8.36. The van der Waals surface area contributed by atoms with Gasteiger partial charge in [0.25, 0.3) is 0 Å². The molecule has 0 spiro atoms. The van der Waals surface area contributed by atoms with Crippen molar-refractivity contribution in [3.8, 4) is 0 Å². The quantitative estimate of drug-likeness (QED) is 0.667. The van der Waals surface area contributed by atoms with Gasteiger partial charge in [-0.3, -0.25) is 9.59 Å². The molecule has 18 heavy (non-hydrogen) atoms. The van der Waals surface area contributed by atoms with E-state index < -0.39 is 12.1 Å². The Hall–Kier alpha value is -1.53. The molecule has 4 nitrogen and oxygen atoms in total. The topological polar surface area (TPSA) is 40.6 Å². The molecule has 0 aromatic rings. The largest absolute Gasteiger partial charge is 0.471 e. The minimum Gasteiger partial charge on any atom is -0.337 e. The zero-order valence-electron chi connectivity index (χ0n) is 10.0. The van der Waals surface area contributed by atoms with Crippen LogP contribution in [0.25, 0.3) is 0 Å². The number of amides is 2. The van der Waals surface area contributed by atoms with Crippen LogP contribution in [0.3, 0.4) is 0 Å². The molecule has 0 unspecified atom stereocenters. The molecule has 1 fully saturated rings. The van der Waals surface area contributed by atoms with Crippen molar-refractivity contribution in [3.63, 3.8) is 0 Å². The molecule has 0 atom stereocenters. The molecule has 0 aliphatic carbocycles. The second-order valence-electron chi connectivity index (χ2n) is 3.97. The summed E-state index contributed by atoms with van der Waals surface area (Å²) in [5, 5.41) is 0. The maximum atomic E-state index is 12.3. The molecule has 1 saturated heterocycles. The molecule has 1 aliphatic rings. The predicted molar refractivity (Wildman–Crippen MR) is 58.6 cm³/mol. The lowest BCUT2D eigenvalue weighted by molar-refractivity contribution is -0.185. The van der Waals surface area contributed by atoms with Crippen LogP contribution in [-0.4, -0.2) is 54.0 Å². The molecule has 0 N–H and O–H groups in total. The van der Waals surface area contributed by atoms with E-state index >= 15 is 0 Å². The number of hydrogen-bond donors (Lipinski definition) is 0. The van der Waals surface area contributed by atoms with Crippen molar-refractivity contribution in [3.05, 3.63) is 12.2 Å². The molecule has 102 valence electrons. The van der Waals surface area contributed by atoms with E-state index in [4.69, 9.17) is 0 Å². The number of rotatable bonds is 1. The van der Waals surface area contributed by atoms with Gasteiger partial charge >= 0.3 is 12.1 Å². The van der Waals surface area contributed by atoms with Gasteiger partial charge in [0.2, 0.25) is 5.91 Å². The first-order valence-electron chi connectivity index (χ1n) is 5.64. The average Bonchev–Trinajstić information content (AvgIpc) is 2.52. The molecule has 1 aliphatic heterocycles. The van der Waals surface area contributed by atoms with Crippen LogP contribution in [-0.2, 0) is 9.59 Å². The second kappa shape index (κ2) is 5.88. The minimum absolute atomic E-state index is 0.0258. The zero-order valence-corrected chi connectivity index (χ0v) is 10.0. The molecule has 1 rings (SSSR count). The zero-order chi connectivity index (χ0) is 13.8. The van der Waals surface area contributed by atoms with Crippen molar-refractivity contribution in [1.82, 2.24) is 9.80 Å². The van der Waals surface area contributed by atoms with Gasteiger partial charge in [0.05, 0.1) is 0 Å². The summed E-state index contributed by atoms with van der Waals surface area (Å²) >= 11 is 0. The van der Waals surface area contributed by atoms with Gasteiger partial charge in [0, 0.05) is 26.2 Å². The number of carbonyl (C=O) groups is 2. The number of nitrogens with zero attached hydrogens (tertiary/aromatic N) is 2. The van der Waals surface area contributed by atoms with Gasteiger partial charge in [-0.1, -0.05) is 6.08 Å². The number of halogens is 3. The van der Waals surface area contributed by atoms with Crippen LogP contribution >= 0.6 is 0 Å². The Morgan fingerprint density at radius 1 is 1.06 bits per heavy atom. The van der Waals surface area contributed by atoms with Gasteiger partial charge in [-0.15, -0.1) is 0 Å². The molecule has 0 radical (unpaired) electrons. The van der Waals surface area contributed by atoms with E-state index in [1.807, 2.05) is 0 Å². The van der Waals surface area contributed by atoms with Crippen LogP contribution in [0.4, 0.5) is 13.2 Å². The third-order valence-corrected chi connectivity index (χ3v) is 2.65. The van der Waals surface area contributed by atoms with Crippen LogP contribution in [0, 0.1) is 0 Å². The first-order valence-corrected chi connectivity index (χ1v) is 5.64. The summed E-state index contributed by atoms with van der Waals surface area (Å²) < 4.78 is 36.8. The van der Waals surface area contributed by atoms with E-state index in [1.165, 1.54) is 11.0 Å². The summed E-state index contributed by atoms with van der Waals surface area (Å²) in [4.78, 5) is 24.8. The molecule has 0 saturated carbocycles. The van der Waals surface area contributed by atoms with Gasteiger partial charge in [-0.05, 0) is 19.4 Å². The van der Waals surface area contributed by atoms with Crippen LogP contribution in [0.5, 0.6) is 0 Å². The maximum Gasteiger partial charge on any atom is 0.471 e. The summed E-state index contributed by atoms with van der Waals surface area (Å²) in [5.41, 5.74) is 0. The van der Waals surface area contributed by atoms with Crippen molar-refractivity contribution in [2.45, 2.75) is 19.5 Å². The van der Waals surface area contributed by atoms with E-state index in [0.29, 0.717) is 13.0 Å². The highest BCUT2D eigenvalue weighted by Gasteiger charge is 2.42. The average molecular weight is 264 g/mol. The van der Waals surface area contributed by atoms with Gasteiger partial charge < -0.3 is 9.80 Å². The van der Waals surface area contributed by atoms with Crippen molar-refractivity contribution >= 4 is 11.8 Å². The SMILES string of the molecule is C/C=C/C(=O)N1CCCN(C(=O)C(F)(F)F)CC1. The van der Waals surface area contributed by atoms with Gasteiger partial charge in [0.1, 0.15) is 0 Å². The van der Waals surface area contributed by atoms with Crippen LogP contribution in [0.15, 0.2) is 12.2 Å². The van der Waals surface area contributed by atoms with Crippen LogP contribution < -0.4 is 0 Å². The van der Waals surface area contributed by atoms with Crippen LogP contribution in [0.1, 0.15) is 13.3 Å². The molecule has 0 aromatic carbocycles. The summed E-state index contributed by atoms with van der Waals surface area (Å²) in [6, 6.07) is 0. The fourth-order valence-electron chi connectivity index (χ4n) is 1.77. The van der Waals surface area contributed by atoms with E-state index in [9.17, 15) is 22.8 Å². The Bertz CT molecular complexity index is 353. The Labute approximate surface area is 103 Å². The third-order valence-electron chi connectivity index (χ3n) is 2.65. The number of carbonyl (C=O) groups excluding carboxylic acids is 2. The monoisotopic (exact) mass is 264 g/mol. The lowest BCUT2D eigenvalue weighted by atomic mass is 10.3. The Balaban J connectivity index is 2.62. The Morgan fingerprint density at radius 3 is 2.17 bits per heavy atom. The predicted octanol–water partition coefficient (Wildman–Crippen LogP) is 1.19. The van der Waals surface area contributed by atoms with E-state index in [1.54, 1.807) is 13.0 Å². The summed E-state index contributed by atoms with van der Waals surface area (Å²) in [5.74, 6) is -2.07. The van der Waals surface area contributed by atoms with Crippen molar-refractivity contribution in [1.29, 1.82) is 0 Å². The first kappa shape index (κ1) is 14.5. The molecule has 1 heterocycles. The second-order valence-corrected chi connectivity index (χ2v) is 3.97. The Morgan fingerprint density at radius 2 is 1.61 bits per heavy atom. The fraction of sp³-hybridized carbons (Fsp3) is 0.636. The third kappa shape index (κ3) is 3.75. The van der Waals surface area contributed by atoms with Gasteiger partial charge in [0.15, 0.2) is 0 Å². The van der Waals surface area contributed by atoms with E-state index in [0.717, 1.165) is 4.90 Å². The van der Waals surface area contributed by atoms with Crippen LogP contribution in [0.2, 0.25) is 0 Å². The van der Waals surface area contributed by atoms with E-state index in [2.05, 4.69) is 0 Å². The fourth-order valence-corrected chi connectivity index (χ4v) is 1.77. The molecular formula is C11H15F3N2O2. The standard InChI is InChI=1S/C11H15F3N2O2/c1-2-4-9(17)15-5-3-6-16(8-7-15)10(18)11(12,13)14/h2,4H,3,5-8H2,1H3/b4-2+. The number of hydrogen-bond acceptors (Lipinski definition) is 2. The summed E-state index contributed by atoms with van der Waals surface area (Å²) in [6.07, 6.45) is -1.55. The van der Waals surface area contributed by atoms with Crippen molar-refractivity contribution < 1.29 is 22.8 Å². The molecular weight excluding hydrogens is 249 g/mol. The van der Waals surface area contributed by atoms with Crippen molar-refractivity contribution in [2.24, 2.45) is 0 Å². The molecule has 0 bridgehead atoms. The maximum absolute atomic E-state index is 12.3. The highest BCUT2D eigenvalue weighted by Crippen LogP contribution is 2.19. The highest BCUT2D eigenvalue weighted by molar-refractivity contribution is 5.87. The molecule has 7 heteroatoms. The Kier molecular flexibility index (Phi) is 4.75. The number of alkyl halides is 3. The molecule has 2 amide bonds. The molecule has 0 aromatic heterocycles. The highest BCUT2D eigenvalue weighted by atomic mass is 19.4.